The second-order valence-corrected chi connectivity index (χ2v) is 4.26. The average Bonchev–Trinajstić information content (AvgIpc) is 2.29. The standard InChI is InChI=1S/C13H20ClNO/c1-12-5-3-4-6-13(12)11-15(8-7-14)9-10-16-2/h3-6H,7-11H2,1-2H3. The molecule has 0 spiro atoms. The van der Waals surface area contributed by atoms with Gasteiger partial charge in [0, 0.05) is 32.6 Å². The first kappa shape index (κ1) is 13.5. The number of alkyl halides is 1. The Labute approximate surface area is 103 Å². The number of hydrogen-bond donors (Lipinski definition) is 0. The zero-order valence-electron chi connectivity index (χ0n) is 10.1. The number of nitrogens with zero attached hydrogens (tertiary/aromatic N) is 1. The zero-order valence-corrected chi connectivity index (χ0v) is 10.8. The molecule has 1 aromatic rings. The van der Waals surface area contributed by atoms with E-state index in [4.69, 9.17) is 16.3 Å². The van der Waals surface area contributed by atoms with Gasteiger partial charge in [-0.1, -0.05) is 24.3 Å². The lowest BCUT2D eigenvalue weighted by Crippen LogP contribution is -2.29. The summed E-state index contributed by atoms with van der Waals surface area (Å²) in [6.45, 7) is 5.67. The molecule has 0 saturated heterocycles. The van der Waals surface area contributed by atoms with Gasteiger partial charge in [0.25, 0.3) is 0 Å². The maximum absolute atomic E-state index is 5.80. The highest BCUT2D eigenvalue weighted by atomic mass is 35.5. The second kappa shape index (κ2) is 7.66. The molecule has 3 heteroatoms. The first-order chi connectivity index (χ1) is 7.77. The van der Waals surface area contributed by atoms with Gasteiger partial charge in [-0.15, -0.1) is 11.6 Å². The third-order valence-corrected chi connectivity index (χ3v) is 2.84. The van der Waals surface area contributed by atoms with Gasteiger partial charge in [0.05, 0.1) is 6.61 Å². The minimum atomic E-state index is 0.662. The highest BCUT2D eigenvalue weighted by Crippen LogP contribution is 2.10. The zero-order chi connectivity index (χ0) is 11.8. The van der Waals surface area contributed by atoms with E-state index in [0.29, 0.717) is 5.88 Å². The first-order valence-corrected chi connectivity index (χ1v) is 6.13. The van der Waals surface area contributed by atoms with E-state index in [1.54, 1.807) is 7.11 Å². The summed E-state index contributed by atoms with van der Waals surface area (Å²) in [5, 5.41) is 0. The normalized spacial score (nSPS) is 11.0. The number of halogens is 1. The Morgan fingerprint density at radius 3 is 2.62 bits per heavy atom. The van der Waals surface area contributed by atoms with Crippen LogP contribution in [0, 0.1) is 6.92 Å². The molecule has 0 fully saturated rings. The van der Waals surface area contributed by atoms with Crippen LogP contribution in [-0.2, 0) is 11.3 Å². The van der Waals surface area contributed by atoms with Crippen molar-refractivity contribution in [1.29, 1.82) is 0 Å². The predicted molar refractivity (Wildman–Crippen MR) is 69.1 cm³/mol. The van der Waals surface area contributed by atoms with Crippen LogP contribution in [0.1, 0.15) is 11.1 Å². The molecule has 0 N–H and O–H groups in total. The molecule has 0 saturated carbocycles. The Morgan fingerprint density at radius 1 is 1.25 bits per heavy atom. The molecule has 0 heterocycles. The molecule has 2 nitrogen and oxygen atoms in total. The summed E-state index contributed by atoms with van der Waals surface area (Å²) in [6, 6.07) is 8.46. The third-order valence-electron chi connectivity index (χ3n) is 2.67. The lowest BCUT2D eigenvalue weighted by molar-refractivity contribution is 0.148. The highest BCUT2D eigenvalue weighted by Gasteiger charge is 2.06. The Bertz CT molecular complexity index is 304. The van der Waals surface area contributed by atoms with Gasteiger partial charge < -0.3 is 4.74 Å². The van der Waals surface area contributed by atoms with Gasteiger partial charge in [0.1, 0.15) is 0 Å². The minimum Gasteiger partial charge on any atom is -0.383 e. The highest BCUT2D eigenvalue weighted by molar-refractivity contribution is 6.18. The summed E-state index contributed by atoms with van der Waals surface area (Å²) >= 11 is 5.80. The van der Waals surface area contributed by atoms with Gasteiger partial charge in [-0.05, 0) is 18.1 Å². The van der Waals surface area contributed by atoms with Crippen LogP contribution in [0.4, 0.5) is 0 Å². The summed E-state index contributed by atoms with van der Waals surface area (Å²) in [6.07, 6.45) is 0. The number of hydrogen-bond acceptors (Lipinski definition) is 2. The molecule has 0 atom stereocenters. The molecule has 0 unspecified atom stereocenters. The van der Waals surface area contributed by atoms with Crippen LogP contribution in [0.25, 0.3) is 0 Å². The van der Waals surface area contributed by atoms with E-state index in [2.05, 4.69) is 36.1 Å². The van der Waals surface area contributed by atoms with Crippen LogP contribution in [0.3, 0.4) is 0 Å². The van der Waals surface area contributed by atoms with Crippen LogP contribution in [0.15, 0.2) is 24.3 Å². The van der Waals surface area contributed by atoms with Gasteiger partial charge in [-0.3, -0.25) is 4.90 Å². The Hall–Kier alpha value is -0.570. The quantitative estimate of drug-likeness (QED) is 0.681. The molecule has 0 amide bonds. The van der Waals surface area contributed by atoms with Crippen molar-refractivity contribution in [3.8, 4) is 0 Å². The Balaban J connectivity index is 2.56. The van der Waals surface area contributed by atoms with E-state index in [9.17, 15) is 0 Å². The van der Waals surface area contributed by atoms with E-state index < -0.39 is 0 Å². The van der Waals surface area contributed by atoms with Crippen molar-refractivity contribution in [3.63, 3.8) is 0 Å². The molecule has 1 rings (SSSR count). The molecule has 0 radical (unpaired) electrons. The summed E-state index contributed by atoms with van der Waals surface area (Å²) in [5.74, 6) is 0.662. The number of methoxy groups -OCH3 is 1. The molecule has 0 aliphatic heterocycles. The van der Waals surface area contributed by atoms with Crippen LogP contribution >= 0.6 is 11.6 Å². The fourth-order valence-corrected chi connectivity index (χ4v) is 1.88. The van der Waals surface area contributed by atoms with Crippen LogP contribution < -0.4 is 0 Å². The molecule has 90 valence electrons. The number of benzene rings is 1. The molecular formula is C13H20ClNO. The molecular weight excluding hydrogens is 222 g/mol. The molecule has 1 aromatic carbocycles. The first-order valence-electron chi connectivity index (χ1n) is 5.59. The van der Waals surface area contributed by atoms with Crippen molar-refractivity contribution in [2.24, 2.45) is 0 Å². The lowest BCUT2D eigenvalue weighted by atomic mass is 10.1. The molecule has 0 bridgehead atoms. The summed E-state index contributed by atoms with van der Waals surface area (Å²) in [7, 11) is 1.73. The van der Waals surface area contributed by atoms with Crippen molar-refractivity contribution in [2.45, 2.75) is 13.5 Å². The SMILES string of the molecule is COCCN(CCCl)Cc1ccccc1C. The van der Waals surface area contributed by atoms with Crippen molar-refractivity contribution < 1.29 is 4.74 Å². The summed E-state index contributed by atoms with van der Waals surface area (Å²) in [5.41, 5.74) is 2.70. The van der Waals surface area contributed by atoms with Crippen molar-refractivity contribution in [1.82, 2.24) is 4.90 Å². The third kappa shape index (κ3) is 4.52. The fourth-order valence-electron chi connectivity index (χ4n) is 1.64. The van der Waals surface area contributed by atoms with E-state index in [1.165, 1.54) is 11.1 Å². The van der Waals surface area contributed by atoms with Crippen molar-refractivity contribution in [3.05, 3.63) is 35.4 Å². The fraction of sp³-hybridized carbons (Fsp3) is 0.538. The number of ether oxygens (including phenoxy) is 1. The Kier molecular flexibility index (Phi) is 6.46. The number of rotatable bonds is 7. The lowest BCUT2D eigenvalue weighted by Gasteiger charge is -2.21. The maximum Gasteiger partial charge on any atom is 0.0589 e. The minimum absolute atomic E-state index is 0.662. The maximum atomic E-state index is 5.80. The molecule has 0 aliphatic carbocycles. The van der Waals surface area contributed by atoms with Gasteiger partial charge in [0.15, 0.2) is 0 Å². The van der Waals surface area contributed by atoms with Crippen molar-refractivity contribution in [2.75, 3.05) is 32.7 Å². The largest absolute Gasteiger partial charge is 0.383 e. The van der Waals surface area contributed by atoms with Gasteiger partial charge in [-0.25, -0.2) is 0 Å². The second-order valence-electron chi connectivity index (χ2n) is 3.88. The van der Waals surface area contributed by atoms with Crippen LogP contribution in [0.5, 0.6) is 0 Å². The number of aryl methyl sites for hydroxylation is 1. The average molecular weight is 242 g/mol. The summed E-state index contributed by atoms with van der Waals surface area (Å²) in [4.78, 5) is 2.32. The summed E-state index contributed by atoms with van der Waals surface area (Å²) < 4.78 is 5.10. The van der Waals surface area contributed by atoms with E-state index in [0.717, 1.165) is 26.2 Å². The monoisotopic (exact) mass is 241 g/mol. The topological polar surface area (TPSA) is 12.5 Å². The van der Waals surface area contributed by atoms with Crippen molar-refractivity contribution >= 4 is 11.6 Å². The van der Waals surface area contributed by atoms with Crippen LogP contribution in [0.2, 0.25) is 0 Å². The van der Waals surface area contributed by atoms with Gasteiger partial charge in [-0.2, -0.15) is 0 Å². The molecule has 16 heavy (non-hydrogen) atoms. The van der Waals surface area contributed by atoms with Gasteiger partial charge in [0.2, 0.25) is 0 Å². The van der Waals surface area contributed by atoms with E-state index in [-0.39, 0.29) is 0 Å². The molecule has 0 aromatic heterocycles. The van der Waals surface area contributed by atoms with E-state index in [1.807, 2.05) is 0 Å². The predicted octanol–water partition coefficient (Wildman–Crippen LogP) is 2.68. The van der Waals surface area contributed by atoms with Gasteiger partial charge >= 0.3 is 0 Å². The molecule has 0 aliphatic rings. The van der Waals surface area contributed by atoms with E-state index >= 15 is 0 Å². The van der Waals surface area contributed by atoms with Crippen LogP contribution in [-0.4, -0.2) is 37.6 Å². The smallest absolute Gasteiger partial charge is 0.0589 e. The Morgan fingerprint density at radius 2 is 2.00 bits per heavy atom.